The first kappa shape index (κ1) is 9.07. The molecule has 0 aliphatic heterocycles. The van der Waals surface area contributed by atoms with Crippen LogP contribution in [-0.2, 0) is 4.57 Å². The number of hydrogen-bond donors (Lipinski definition) is 4. The second-order valence-corrected chi connectivity index (χ2v) is 3.45. The zero-order valence-electron chi connectivity index (χ0n) is 4.80. The molecule has 0 rings (SSSR count). The van der Waals surface area contributed by atoms with Crippen LogP contribution >= 0.6 is 7.60 Å². The number of aliphatic hydroxyl groups excluding tert-OH is 2. The van der Waals surface area contributed by atoms with Crippen LogP contribution in [-0.4, -0.2) is 31.9 Å². The zero-order valence-corrected chi connectivity index (χ0v) is 5.69. The van der Waals surface area contributed by atoms with Crippen LogP contribution in [0.15, 0.2) is 0 Å². The van der Waals surface area contributed by atoms with Crippen molar-refractivity contribution in [1.82, 2.24) is 0 Å². The Morgan fingerprint density at radius 1 is 1.33 bits per heavy atom. The Labute approximate surface area is 52.1 Å². The molecule has 4 N–H and O–H groups in total. The molecule has 0 saturated carbocycles. The molecule has 1 unspecified atom stereocenters. The van der Waals surface area contributed by atoms with Crippen LogP contribution in [0.5, 0.6) is 0 Å². The summed E-state index contributed by atoms with van der Waals surface area (Å²) in [6, 6.07) is 0. The van der Waals surface area contributed by atoms with Gasteiger partial charge in [0.15, 0.2) is 5.85 Å². The van der Waals surface area contributed by atoms with E-state index in [1.807, 2.05) is 0 Å². The van der Waals surface area contributed by atoms with Crippen molar-refractivity contribution < 1.29 is 24.6 Å². The number of hydrogen-bond acceptors (Lipinski definition) is 3. The highest BCUT2D eigenvalue weighted by atomic mass is 31.2. The molecule has 5 nitrogen and oxygen atoms in total. The van der Waals surface area contributed by atoms with Gasteiger partial charge in [0.05, 0.1) is 6.10 Å². The Morgan fingerprint density at radius 2 is 1.67 bits per heavy atom. The van der Waals surface area contributed by atoms with Crippen molar-refractivity contribution in [2.75, 3.05) is 0 Å². The fraction of sp³-hybridized carbons (Fsp3) is 1.00. The van der Waals surface area contributed by atoms with Gasteiger partial charge < -0.3 is 20.0 Å². The van der Waals surface area contributed by atoms with Crippen molar-refractivity contribution in [3.8, 4) is 0 Å². The standard InChI is InChI=1S/C3H9O5P/c1-2(4)3(5)9(6,7)8/h2-5H,1H3,(H2,6,7,8)/t2?,3-/m0/s1. The van der Waals surface area contributed by atoms with E-state index in [0.717, 1.165) is 6.92 Å². The molecule has 0 saturated heterocycles. The van der Waals surface area contributed by atoms with E-state index in [1.54, 1.807) is 0 Å². The second kappa shape index (κ2) is 2.77. The molecular weight excluding hydrogens is 147 g/mol. The maximum absolute atomic E-state index is 10.1. The van der Waals surface area contributed by atoms with E-state index in [1.165, 1.54) is 0 Å². The second-order valence-electron chi connectivity index (χ2n) is 1.74. The molecule has 0 radical (unpaired) electrons. The molecule has 0 aliphatic carbocycles. The third-order valence-corrected chi connectivity index (χ3v) is 1.90. The highest BCUT2D eigenvalue weighted by molar-refractivity contribution is 7.52. The van der Waals surface area contributed by atoms with E-state index in [2.05, 4.69) is 0 Å². The van der Waals surface area contributed by atoms with E-state index in [4.69, 9.17) is 20.0 Å². The average molecular weight is 156 g/mol. The van der Waals surface area contributed by atoms with Gasteiger partial charge in [0.2, 0.25) is 0 Å². The maximum atomic E-state index is 10.1. The van der Waals surface area contributed by atoms with Gasteiger partial charge in [-0.2, -0.15) is 0 Å². The minimum absolute atomic E-state index is 1.10. The lowest BCUT2D eigenvalue weighted by molar-refractivity contribution is 0.0641. The van der Waals surface area contributed by atoms with Gasteiger partial charge in [-0.25, -0.2) is 0 Å². The van der Waals surface area contributed by atoms with Gasteiger partial charge in [-0.15, -0.1) is 0 Å². The minimum Gasteiger partial charge on any atom is -0.390 e. The van der Waals surface area contributed by atoms with Gasteiger partial charge >= 0.3 is 7.60 Å². The summed E-state index contributed by atoms with van der Waals surface area (Å²) >= 11 is 0. The Kier molecular flexibility index (Phi) is 2.79. The van der Waals surface area contributed by atoms with E-state index >= 15 is 0 Å². The van der Waals surface area contributed by atoms with Crippen molar-refractivity contribution >= 4 is 7.60 Å². The van der Waals surface area contributed by atoms with E-state index in [0.29, 0.717) is 0 Å². The molecule has 0 fully saturated rings. The average Bonchev–Trinajstić information content (AvgIpc) is 1.62. The Balaban J connectivity index is 4.05. The first-order chi connectivity index (χ1) is 3.85. The summed E-state index contributed by atoms with van der Waals surface area (Å²) < 4.78 is 10.1. The smallest absolute Gasteiger partial charge is 0.356 e. The van der Waals surface area contributed by atoms with Crippen molar-refractivity contribution in [3.05, 3.63) is 0 Å². The van der Waals surface area contributed by atoms with Crippen molar-refractivity contribution in [2.24, 2.45) is 0 Å². The lowest BCUT2D eigenvalue weighted by Gasteiger charge is -2.13. The third-order valence-electron chi connectivity index (χ3n) is 0.776. The predicted octanol–water partition coefficient (Wildman–Crippen LogP) is -1.14. The van der Waals surface area contributed by atoms with Gasteiger partial charge in [0.25, 0.3) is 0 Å². The van der Waals surface area contributed by atoms with Crippen molar-refractivity contribution in [1.29, 1.82) is 0 Å². The first-order valence-corrected chi connectivity index (χ1v) is 3.95. The maximum Gasteiger partial charge on any atom is 0.356 e. The van der Waals surface area contributed by atoms with Gasteiger partial charge in [0.1, 0.15) is 0 Å². The summed E-state index contributed by atoms with van der Waals surface area (Å²) in [6.45, 7) is 1.10. The first-order valence-electron chi connectivity index (χ1n) is 2.27. The summed E-state index contributed by atoms with van der Waals surface area (Å²) in [5.41, 5.74) is 0. The molecule has 0 aromatic heterocycles. The van der Waals surface area contributed by atoms with Gasteiger partial charge in [-0.1, -0.05) is 0 Å². The lowest BCUT2D eigenvalue weighted by atomic mass is 10.4. The van der Waals surface area contributed by atoms with E-state index in [9.17, 15) is 4.57 Å². The van der Waals surface area contributed by atoms with Crippen molar-refractivity contribution in [3.63, 3.8) is 0 Å². The molecule has 0 spiro atoms. The quantitative estimate of drug-likeness (QED) is 0.379. The Bertz CT molecular complexity index is 126. The molecule has 0 bridgehead atoms. The van der Waals surface area contributed by atoms with E-state index in [-0.39, 0.29) is 0 Å². The largest absolute Gasteiger partial charge is 0.390 e. The number of rotatable bonds is 2. The summed E-state index contributed by atoms with van der Waals surface area (Å²) in [5, 5.41) is 16.9. The SMILES string of the molecule is CC(O)[C@@H](O)P(=O)(O)O. The highest BCUT2D eigenvalue weighted by Gasteiger charge is 2.30. The minimum atomic E-state index is -4.51. The van der Waals surface area contributed by atoms with Gasteiger partial charge in [-0.3, -0.25) is 4.57 Å². The van der Waals surface area contributed by atoms with Crippen LogP contribution in [0.2, 0.25) is 0 Å². The van der Waals surface area contributed by atoms with E-state index < -0.39 is 19.5 Å². The molecule has 9 heavy (non-hydrogen) atoms. The normalized spacial score (nSPS) is 19.2. The fourth-order valence-electron chi connectivity index (χ4n) is 0.281. The molecule has 0 aromatic rings. The van der Waals surface area contributed by atoms with Crippen molar-refractivity contribution in [2.45, 2.75) is 18.9 Å². The Morgan fingerprint density at radius 3 is 1.67 bits per heavy atom. The lowest BCUT2D eigenvalue weighted by Crippen LogP contribution is -2.21. The van der Waals surface area contributed by atoms with Crippen LogP contribution in [0.4, 0.5) is 0 Å². The summed E-state index contributed by atoms with van der Waals surface area (Å²) in [5.74, 6) is -1.96. The molecule has 0 aliphatic rings. The number of aliphatic hydroxyl groups is 2. The summed E-state index contributed by atoms with van der Waals surface area (Å²) in [4.78, 5) is 16.3. The topological polar surface area (TPSA) is 98.0 Å². The summed E-state index contributed by atoms with van der Waals surface area (Å²) in [6.07, 6.45) is -1.40. The molecule has 56 valence electrons. The molecule has 0 amide bonds. The van der Waals surface area contributed by atoms with Gasteiger partial charge in [-0.05, 0) is 6.92 Å². The fourth-order valence-corrected chi connectivity index (χ4v) is 0.843. The monoisotopic (exact) mass is 156 g/mol. The molecule has 2 atom stereocenters. The van der Waals surface area contributed by atoms with Crippen LogP contribution in [0.25, 0.3) is 0 Å². The summed E-state index contributed by atoms with van der Waals surface area (Å²) in [7, 11) is -4.51. The molecular formula is C3H9O5P. The highest BCUT2D eigenvalue weighted by Crippen LogP contribution is 2.40. The molecule has 6 heteroatoms. The van der Waals surface area contributed by atoms with Crippen LogP contribution < -0.4 is 0 Å². The Hall–Kier alpha value is 0.0700. The van der Waals surface area contributed by atoms with Crippen LogP contribution in [0, 0.1) is 0 Å². The molecule has 0 aromatic carbocycles. The van der Waals surface area contributed by atoms with Crippen LogP contribution in [0.1, 0.15) is 6.92 Å². The molecule has 0 heterocycles. The van der Waals surface area contributed by atoms with Crippen LogP contribution in [0.3, 0.4) is 0 Å². The zero-order chi connectivity index (χ0) is 7.65. The van der Waals surface area contributed by atoms with Gasteiger partial charge in [0, 0.05) is 0 Å². The third kappa shape index (κ3) is 2.93. The predicted molar refractivity (Wildman–Crippen MR) is 29.7 cm³/mol.